The van der Waals surface area contributed by atoms with Crippen LogP contribution in [0, 0.1) is 0 Å². The van der Waals surface area contributed by atoms with Gasteiger partial charge < -0.3 is 5.32 Å². The second-order valence-electron chi connectivity index (χ2n) is 4.30. The Morgan fingerprint density at radius 3 is 2.70 bits per heavy atom. The van der Waals surface area contributed by atoms with Gasteiger partial charge >= 0.3 is 0 Å². The van der Waals surface area contributed by atoms with Gasteiger partial charge in [-0.2, -0.15) is 0 Å². The lowest BCUT2D eigenvalue weighted by atomic mass is 10.2. The van der Waals surface area contributed by atoms with Crippen molar-refractivity contribution >= 4 is 44.7 Å². The summed E-state index contributed by atoms with van der Waals surface area (Å²) in [5.41, 5.74) is 1.00. The van der Waals surface area contributed by atoms with Crippen molar-refractivity contribution in [2.24, 2.45) is 0 Å². The highest BCUT2D eigenvalue weighted by Crippen LogP contribution is 2.31. The van der Waals surface area contributed by atoms with E-state index in [2.05, 4.69) is 50.0 Å². The number of hydrogen-bond acceptors (Lipinski definition) is 5. The van der Waals surface area contributed by atoms with E-state index < -0.39 is 0 Å². The second kappa shape index (κ2) is 7.33. The van der Waals surface area contributed by atoms with Gasteiger partial charge in [0.2, 0.25) is 0 Å². The van der Waals surface area contributed by atoms with E-state index in [-0.39, 0.29) is 0 Å². The minimum atomic E-state index is 0.632. The minimum absolute atomic E-state index is 0.632. The van der Waals surface area contributed by atoms with E-state index in [1.165, 1.54) is 11.3 Å². The number of aromatic nitrogens is 3. The molecule has 108 valence electrons. The zero-order valence-electron chi connectivity index (χ0n) is 11.4. The van der Waals surface area contributed by atoms with E-state index in [9.17, 15) is 0 Å². The molecule has 0 amide bonds. The molecule has 2 rings (SSSR count). The van der Waals surface area contributed by atoms with Crippen molar-refractivity contribution in [3.05, 3.63) is 20.7 Å². The molecule has 20 heavy (non-hydrogen) atoms. The monoisotopic (exact) mass is 374 g/mol. The first kappa shape index (κ1) is 15.7. The van der Waals surface area contributed by atoms with Crippen LogP contribution in [0.4, 0.5) is 5.82 Å². The first-order chi connectivity index (χ1) is 9.65. The maximum absolute atomic E-state index is 5.94. The molecule has 2 aromatic heterocycles. The van der Waals surface area contributed by atoms with Crippen LogP contribution < -0.4 is 5.32 Å². The van der Waals surface area contributed by atoms with Gasteiger partial charge in [0.1, 0.15) is 10.2 Å². The Morgan fingerprint density at radius 2 is 2.10 bits per heavy atom. The summed E-state index contributed by atoms with van der Waals surface area (Å²) in [6, 6.07) is 0. The number of rotatable bonds is 6. The zero-order valence-corrected chi connectivity index (χ0v) is 14.6. The fraction of sp³-hybridized carbons (Fsp3) is 0.462. The van der Waals surface area contributed by atoms with Crippen molar-refractivity contribution < 1.29 is 0 Å². The maximum atomic E-state index is 5.94. The van der Waals surface area contributed by atoms with Crippen LogP contribution >= 0.6 is 38.9 Å². The first-order valence-electron chi connectivity index (χ1n) is 6.57. The van der Waals surface area contributed by atoms with Gasteiger partial charge in [0.15, 0.2) is 10.8 Å². The van der Waals surface area contributed by atoms with Gasteiger partial charge in [-0.05, 0) is 28.8 Å². The summed E-state index contributed by atoms with van der Waals surface area (Å²) < 4.78 is 1.59. The molecule has 0 aromatic carbocycles. The van der Waals surface area contributed by atoms with Crippen LogP contribution in [0.3, 0.4) is 0 Å². The van der Waals surface area contributed by atoms with Gasteiger partial charge in [0.25, 0.3) is 0 Å². The highest BCUT2D eigenvalue weighted by molar-refractivity contribution is 9.10. The summed E-state index contributed by atoms with van der Waals surface area (Å²) in [4.78, 5) is 13.4. The third-order valence-corrected chi connectivity index (χ3v) is 4.56. The molecule has 0 fully saturated rings. The number of aryl methyl sites for hydroxylation is 1. The predicted octanol–water partition coefficient (Wildman–Crippen LogP) is 4.79. The van der Waals surface area contributed by atoms with Crippen LogP contribution in [-0.2, 0) is 6.42 Å². The van der Waals surface area contributed by atoms with Crippen LogP contribution in [-0.4, -0.2) is 21.5 Å². The highest BCUT2D eigenvalue weighted by Gasteiger charge is 2.15. The topological polar surface area (TPSA) is 50.7 Å². The van der Waals surface area contributed by atoms with Crippen molar-refractivity contribution in [2.75, 3.05) is 11.9 Å². The fourth-order valence-electron chi connectivity index (χ4n) is 1.71. The van der Waals surface area contributed by atoms with Crippen molar-refractivity contribution in [3.8, 4) is 10.8 Å². The average molecular weight is 376 g/mol. The van der Waals surface area contributed by atoms with Gasteiger partial charge in [0, 0.05) is 6.54 Å². The smallest absolute Gasteiger partial charge is 0.191 e. The molecule has 0 spiro atoms. The lowest BCUT2D eigenvalue weighted by Gasteiger charge is -2.11. The second-order valence-corrected chi connectivity index (χ2v) is 6.76. The summed E-state index contributed by atoms with van der Waals surface area (Å²) in [5, 5.41) is 4.07. The van der Waals surface area contributed by atoms with Crippen LogP contribution in [0.1, 0.15) is 32.4 Å². The van der Waals surface area contributed by atoms with Gasteiger partial charge in [-0.15, -0.1) is 0 Å². The number of nitrogens with one attached hydrogen (secondary N) is 1. The van der Waals surface area contributed by atoms with Crippen molar-refractivity contribution in [1.82, 2.24) is 15.0 Å². The highest BCUT2D eigenvalue weighted by atomic mass is 79.9. The van der Waals surface area contributed by atoms with Crippen LogP contribution in [0.5, 0.6) is 0 Å². The summed E-state index contributed by atoms with van der Waals surface area (Å²) in [6.07, 6.45) is 4.60. The quantitative estimate of drug-likeness (QED) is 0.788. The van der Waals surface area contributed by atoms with E-state index in [4.69, 9.17) is 11.6 Å². The van der Waals surface area contributed by atoms with E-state index >= 15 is 0 Å². The molecule has 0 bridgehead atoms. The van der Waals surface area contributed by atoms with Crippen LogP contribution in [0.15, 0.2) is 10.7 Å². The van der Waals surface area contributed by atoms with Gasteiger partial charge in [0.05, 0.1) is 16.4 Å². The van der Waals surface area contributed by atoms with E-state index in [1.807, 2.05) is 0 Å². The van der Waals surface area contributed by atoms with E-state index in [0.717, 1.165) is 46.8 Å². The Labute approximate surface area is 136 Å². The molecular formula is C13H16BrClN4S. The Hall–Kier alpha value is -0.720. The largest absolute Gasteiger partial charge is 0.369 e. The number of halogens is 2. The summed E-state index contributed by atoms with van der Waals surface area (Å²) in [6.45, 7) is 5.13. The molecule has 2 heterocycles. The van der Waals surface area contributed by atoms with Gasteiger partial charge in [-0.1, -0.05) is 43.2 Å². The molecule has 0 aliphatic heterocycles. The third-order valence-electron chi connectivity index (χ3n) is 2.62. The molecule has 0 radical (unpaired) electrons. The molecule has 0 saturated carbocycles. The molecule has 4 nitrogen and oxygen atoms in total. The van der Waals surface area contributed by atoms with Gasteiger partial charge in [-0.3, -0.25) is 0 Å². The van der Waals surface area contributed by atoms with E-state index in [0.29, 0.717) is 10.2 Å². The number of thiazole rings is 1. The molecule has 0 atom stereocenters. The van der Waals surface area contributed by atoms with Crippen molar-refractivity contribution in [3.63, 3.8) is 0 Å². The Balaban J connectivity index is 2.43. The fourth-order valence-corrected chi connectivity index (χ4v) is 3.07. The van der Waals surface area contributed by atoms with E-state index in [1.54, 1.807) is 6.20 Å². The molecule has 0 aliphatic carbocycles. The molecule has 7 heteroatoms. The van der Waals surface area contributed by atoms with Crippen LogP contribution in [0.25, 0.3) is 10.8 Å². The molecule has 2 aromatic rings. The summed E-state index contributed by atoms with van der Waals surface area (Å²) in [7, 11) is 0. The summed E-state index contributed by atoms with van der Waals surface area (Å²) in [5.74, 6) is 1.46. The minimum Gasteiger partial charge on any atom is -0.369 e. The Kier molecular flexibility index (Phi) is 5.74. The van der Waals surface area contributed by atoms with Crippen molar-refractivity contribution in [1.29, 1.82) is 0 Å². The predicted molar refractivity (Wildman–Crippen MR) is 88.6 cm³/mol. The number of anilines is 1. The standard InChI is InChI=1S/C13H16BrClN4S/c1-3-5-8-10(14)11(16-6-4-2)19-12(18-8)13-17-7-9(15)20-13/h7H,3-6H2,1-2H3,(H,16,18,19). The molecule has 0 saturated heterocycles. The normalized spacial score (nSPS) is 10.8. The maximum Gasteiger partial charge on any atom is 0.191 e. The Bertz CT molecular complexity index is 588. The summed E-state index contributed by atoms with van der Waals surface area (Å²) >= 11 is 10.9. The van der Waals surface area contributed by atoms with Crippen LogP contribution in [0.2, 0.25) is 4.34 Å². The molecule has 0 aliphatic rings. The lowest BCUT2D eigenvalue weighted by Crippen LogP contribution is -2.07. The SMILES string of the molecule is CCCNc1nc(-c2ncc(Cl)s2)nc(CCC)c1Br. The molecule has 1 N–H and O–H groups in total. The van der Waals surface area contributed by atoms with Crippen molar-refractivity contribution in [2.45, 2.75) is 33.1 Å². The average Bonchev–Trinajstić information content (AvgIpc) is 2.86. The molecular weight excluding hydrogens is 360 g/mol. The molecule has 0 unspecified atom stereocenters. The first-order valence-corrected chi connectivity index (χ1v) is 8.56. The lowest BCUT2D eigenvalue weighted by molar-refractivity contribution is 0.864. The number of nitrogens with zero attached hydrogens (tertiary/aromatic N) is 3. The number of hydrogen-bond donors (Lipinski definition) is 1. The van der Waals surface area contributed by atoms with Gasteiger partial charge in [-0.25, -0.2) is 15.0 Å². The Morgan fingerprint density at radius 1 is 1.30 bits per heavy atom. The zero-order chi connectivity index (χ0) is 14.5. The third kappa shape index (κ3) is 3.68.